The van der Waals surface area contributed by atoms with Crippen molar-refractivity contribution in [3.8, 4) is 5.69 Å². The molecule has 7 heteroatoms. The maximum Gasteiger partial charge on any atom is 0.416 e. The van der Waals surface area contributed by atoms with E-state index in [-0.39, 0.29) is 0 Å². The zero-order valence-corrected chi connectivity index (χ0v) is 11.8. The SMILES string of the molecule is FC(F)(F)c1ccc2c(c1)-n1c(cnc1N1CCCC1)CN2. The van der Waals surface area contributed by atoms with E-state index in [2.05, 4.69) is 15.2 Å². The molecule has 1 saturated heterocycles. The summed E-state index contributed by atoms with van der Waals surface area (Å²) in [5.41, 5.74) is 1.48. The number of hydrogen-bond acceptors (Lipinski definition) is 3. The maximum atomic E-state index is 13.0. The number of hydrogen-bond donors (Lipinski definition) is 1. The van der Waals surface area contributed by atoms with E-state index >= 15 is 0 Å². The molecule has 0 spiro atoms. The van der Waals surface area contributed by atoms with E-state index in [1.165, 1.54) is 12.1 Å². The largest absolute Gasteiger partial charge is 0.416 e. The van der Waals surface area contributed by atoms with Crippen molar-refractivity contribution in [1.29, 1.82) is 0 Å². The summed E-state index contributed by atoms with van der Waals surface area (Å²) in [6, 6.07) is 3.81. The molecule has 0 unspecified atom stereocenters. The van der Waals surface area contributed by atoms with Crippen molar-refractivity contribution in [2.75, 3.05) is 23.3 Å². The highest BCUT2D eigenvalue weighted by Gasteiger charge is 2.33. The van der Waals surface area contributed by atoms with Crippen LogP contribution in [-0.2, 0) is 12.7 Å². The van der Waals surface area contributed by atoms with Gasteiger partial charge in [0.25, 0.3) is 0 Å². The first kappa shape index (κ1) is 13.5. The summed E-state index contributed by atoms with van der Waals surface area (Å²) < 4.78 is 40.9. The van der Waals surface area contributed by atoms with Crippen molar-refractivity contribution >= 4 is 11.6 Å². The van der Waals surface area contributed by atoms with Gasteiger partial charge in [-0.2, -0.15) is 13.2 Å². The number of rotatable bonds is 1. The standard InChI is InChI=1S/C15H15F3N4/c16-15(17,18)10-3-4-12-13(7-10)22-11(8-19-12)9-20-14(22)21-5-1-2-6-21/h3-4,7,9,19H,1-2,5-6,8H2. The van der Waals surface area contributed by atoms with Crippen LogP contribution in [0.5, 0.6) is 0 Å². The monoisotopic (exact) mass is 308 g/mol. The van der Waals surface area contributed by atoms with E-state index in [1.54, 1.807) is 6.20 Å². The summed E-state index contributed by atoms with van der Waals surface area (Å²) in [7, 11) is 0. The molecule has 1 aromatic heterocycles. The smallest absolute Gasteiger partial charge is 0.378 e. The summed E-state index contributed by atoms with van der Waals surface area (Å²) in [5, 5.41) is 3.15. The number of nitrogens with zero attached hydrogens (tertiary/aromatic N) is 3. The van der Waals surface area contributed by atoms with Gasteiger partial charge in [0.1, 0.15) is 0 Å². The van der Waals surface area contributed by atoms with Crippen molar-refractivity contribution in [3.05, 3.63) is 35.7 Å². The van der Waals surface area contributed by atoms with E-state index in [4.69, 9.17) is 0 Å². The number of imidazole rings is 1. The first-order valence-corrected chi connectivity index (χ1v) is 7.31. The second-order valence-corrected chi connectivity index (χ2v) is 5.66. The summed E-state index contributed by atoms with van der Waals surface area (Å²) >= 11 is 0. The summed E-state index contributed by atoms with van der Waals surface area (Å²) in [5.74, 6) is 0.745. The minimum absolute atomic E-state index is 0.524. The molecule has 2 aliphatic rings. The minimum Gasteiger partial charge on any atom is -0.378 e. The Hall–Kier alpha value is -2.18. The molecule has 2 aliphatic heterocycles. The number of anilines is 2. The molecule has 4 rings (SSSR count). The van der Waals surface area contributed by atoms with Gasteiger partial charge in [0.15, 0.2) is 0 Å². The number of fused-ring (bicyclic) bond motifs is 3. The third-order valence-electron chi connectivity index (χ3n) is 4.23. The van der Waals surface area contributed by atoms with Crippen molar-refractivity contribution in [2.45, 2.75) is 25.6 Å². The van der Waals surface area contributed by atoms with Gasteiger partial charge < -0.3 is 10.2 Å². The normalized spacial score (nSPS) is 17.1. The zero-order chi connectivity index (χ0) is 15.3. The Morgan fingerprint density at radius 1 is 1.14 bits per heavy atom. The molecule has 0 amide bonds. The van der Waals surface area contributed by atoms with Gasteiger partial charge in [-0.3, -0.25) is 4.57 Å². The molecule has 1 N–H and O–H groups in total. The van der Waals surface area contributed by atoms with E-state index in [0.29, 0.717) is 17.9 Å². The Labute approximate surface area is 125 Å². The van der Waals surface area contributed by atoms with Gasteiger partial charge in [-0.1, -0.05) is 0 Å². The van der Waals surface area contributed by atoms with E-state index in [9.17, 15) is 13.2 Å². The summed E-state index contributed by atoms with van der Waals surface area (Å²) in [6.07, 6.45) is -0.420. The minimum atomic E-state index is -4.35. The van der Waals surface area contributed by atoms with Gasteiger partial charge in [0, 0.05) is 13.1 Å². The predicted molar refractivity (Wildman–Crippen MR) is 77.3 cm³/mol. The van der Waals surface area contributed by atoms with Crippen LogP contribution in [0.15, 0.2) is 24.4 Å². The first-order valence-electron chi connectivity index (χ1n) is 7.31. The fourth-order valence-electron chi connectivity index (χ4n) is 3.13. The van der Waals surface area contributed by atoms with Crippen LogP contribution < -0.4 is 10.2 Å². The van der Waals surface area contributed by atoms with Crippen LogP contribution in [0.3, 0.4) is 0 Å². The molecule has 0 bridgehead atoms. The van der Waals surface area contributed by atoms with Crippen LogP contribution in [0.2, 0.25) is 0 Å². The number of nitrogens with one attached hydrogen (secondary N) is 1. The molecule has 0 atom stereocenters. The summed E-state index contributed by atoms with van der Waals surface area (Å²) in [4.78, 5) is 6.58. The second-order valence-electron chi connectivity index (χ2n) is 5.66. The van der Waals surface area contributed by atoms with Crippen LogP contribution in [0.25, 0.3) is 5.69 Å². The second kappa shape index (κ2) is 4.66. The Balaban J connectivity index is 1.86. The lowest BCUT2D eigenvalue weighted by Gasteiger charge is -2.26. The number of aromatic nitrogens is 2. The Morgan fingerprint density at radius 3 is 2.64 bits per heavy atom. The quantitative estimate of drug-likeness (QED) is 0.876. The van der Waals surface area contributed by atoms with Crippen molar-refractivity contribution in [1.82, 2.24) is 9.55 Å². The van der Waals surface area contributed by atoms with E-state index in [0.717, 1.165) is 43.6 Å². The number of benzene rings is 1. The highest BCUT2D eigenvalue weighted by molar-refractivity contribution is 5.68. The molecule has 2 aromatic rings. The van der Waals surface area contributed by atoms with Crippen molar-refractivity contribution in [3.63, 3.8) is 0 Å². The molecule has 1 fully saturated rings. The molecule has 116 valence electrons. The molecule has 4 nitrogen and oxygen atoms in total. The molecular formula is C15H15F3N4. The highest BCUT2D eigenvalue weighted by Crippen LogP contribution is 2.37. The Morgan fingerprint density at radius 2 is 1.91 bits per heavy atom. The molecule has 1 aromatic carbocycles. The van der Waals surface area contributed by atoms with Gasteiger partial charge in [-0.25, -0.2) is 4.98 Å². The average molecular weight is 308 g/mol. The van der Waals surface area contributed by atoms with Gasteiger partial charge >= 0.3 is 6.18 Å². The zero-order valence-electron chi connectivity index (χ0n) is 11.8. The Bertz CT molecular complexity index is 714. The van der Waals surface area contributed by atoms with Gasteiger partial charge in [-0.05, 0) is 31.0 Å². The van der Waals surface area contributed by atoms with Gasteiger partial charge in [-0.15, -0.1) is 0 Å². The Kier molecular flexibility index (Phi) is 2.85. The third-order valence-corrected chi connectivity index (χ3v) is 4.23. The molecule has 0 saturated carbocycles. The van der Waals surface area contributed by atoms with E-state index in [1.807, 2.05) is 4.57 Å². The fraction of sp³-hybridized carbons (Fsp3) is 0.400. The molecule has 22 heavy (non-hydrogen) atoms. The molecule has 0 radical (unpaired) electrons. The summed E-state index contributed by atoms with van der Waals surface area (Å²) in [6.45, 7) is 2.37. The van der Waals surface area contributed by atoms with Gasteiger partial charge in [0.2, 0.25) is 5.95 Å². The third kappa shape index (κ3) is 2.03. The fourth-order valence-corrected chi connectivity index (χ4v) is 3.13. The van der Waals surface area contributed by atoms with Gasteiger partial charge in [0.05, 0.1) is 35.4 Å². The average Bonchev–Trinajstić information content (AvgIpc) is 3.14. The van der Waals surface area contributed by atoms with Crippen LogP contribution in [0.1, 0.15) is 24.1 Å². The van der Waals surface area contributed by atoms with Crippen LogP contribution in [-0.4, -0.2) is 22.6 Å². The predicted octanol–water partition coefficient (Wildman–Crippen LogP) is 3.42. The highest BCUT2D eigenvalue weighted by atomic mass is 19.4. The molecule has 3 heterocycles. The molecular weight excluding hydrogens is 293 g/mol. The lowest BCUT2D eigenvalue weighted by Crippen LogP contribution is -2.24. The number of alkyl halides is 3. The first-order chi connectivity index (χ1) is 10.5. The maximum absolute atomic E-state index is 13.0. The van der Waals surface area contributed by atoms with Crippen LogP contribution >= 0.6 is 0 Å². The van der Waals surface area contributed by atoms with Crippen molar-refractivity contribution in [2.24, 2.45) is 0 Å². The topological polar surface area (TPSA) is 33.1 Å². The molecule has 0 aliphatic carbocycles. The van der Waals surface area contributed by atoms with E-state index < -0.39 is 11.7 Å². The van der Waals surface area contributed by atoms with Crippen LogP contribution in [0.4, 0.5) is 24.8 Å². The van der Waals surface area contributed by atoms with Crippen LogP contribution in [0, 0.1) is 0 Å². The van der Waals surface area contributed by atoms with Crippen molar-refractivity contribution < 1.29 is 13.2 Å². The number of halogens is 3. The lowest BCUT2D eigenvalue weighted by atomic mass is 10.1. The lowest BCUT2D eigenvalue weighted by molar-refractivity contribution is -0.137.